The minimum absolute atomic E-state index is 0.413. The van der Waals surface area contributed by atoms with Crippen LogP contribution in [0, 0.1) is 5.41 Å². The molecule has 0 amide bonds. The van der Waals surface area contributed by atoms with Gasteiger partial charge in [-0.3, -0.25) is 0 Å². The molecule has 1 rings (SSSR count). The van der Waals surface area contributed by atoms with Crippen molar-refractivity contribution in [2.24, 2.45) is 0 Å². The summed E-state index contributed by atoms with van der Waals surface area (Å²) in [4.78, 5) is 0. The van der Waals surface area contributed by atoms with Crippen molar-refractivity contribution >= 4 is 19.6 Å². The molecule has 0 aromatic heterocycles. The van der Waals surface area contributed by atoms with Crippen molar-refractivity contribution in [1.82, 2.24) is 0 Å². The molecule has 64 valence electrons. The van der Waals surface area contributed by atoms with Crippen LogP contribution in [0.3, 0.4) is 0 Å². The van der Waals surface area contributed by atoms with E-state index in [0.717, 1.165) is 16.4 Å². The third kappa shape index (κ3) is 3.70. The van der Waals surface area contributed by atoms with Gasteiger partial charge in [0.15, 0.2) is 0 Å². The molecular formula is C10H13NSe. The Bertz CT molecular complexity index is 243. The first kappa shape index (κ1) is 9.50. The molecule has 0 aliphatic heterocycles. The fourth-order valence-corrected chi connectivity index (χ4v) is 2.32. The quantitative estimate of drug-likeness (QED) is 0.602. The second kappa shape index (κ2) is 5.13. The van der Waals surface area contributed by atoms with Gasteiger partial charge in [0.2, 0.25) is 0 Å². The van der Waals surface area contributed by atoms with Gasteiger partial charge in [-0.1, -0.05) is 0 Å². The third-order valence-electron chi connectivity index (χ3n) is 1.55. The summed E-state index contributed by atoms with van der Waals surface area (Å²) >= 11 is 0.413. The van der Waals surface area contributed by atoms with Crippen LogP contribution >= 0.6 is 0 Å². The van der Waals surface area contributed by atoms with Crippen molar-refractivity contribution in [2.75, 3.05) is 0 Å². The van der Waals surface area contributed by atoms with E-state index in [4.69, 9.17) is 5.41 Å². The molecule has 2 heteroatoms. The molecule has 0 saturated carbocycles. The Labute approximate surface area is 79.9 Å². The number of benzene rings is 1. The summed E-state index contributed by atoms with van der Waals surface area (Å²) in [7, 11) is 0. The number of hydrogen-bond acceptors (Lipinski definition) is 1. The van der Waals surface area contributed by atoms with Crippen molar-refractivity contribution in [2.45, 2.75) is 18.7 Å². The maximum absolute atomic E-state index is 7.29. The minimum atomic E-state index is 0.413. The summed E-state index contributed by atoms with van der Waals surface area (Å²) in [5.41, 5.74) is 1.39. The summed E-state index contributed by atoms with van der Waals surface area (Å²) in [5, 5.41) is 8.45. The van der Waals surface area contributed by atoms with E-state index in [0.29, 0.717) is 15.0 Å². The van der Waals surface area contributed by atoms with E-state index in [2.05, 4.69) is 24.3 Å². The van der Waals surface area contributed by atoms with E-state index in [1.807, 2.05) is 13.0 Å². The first-order valence-corrected chi connectivity index (χ1v) is 6.07. The van der Waals surface area contributed by atoms with Crippen LogP contribution in [0.25, 0.3) is 0 Å². The van der Waals surface area contributed by atoms with E-state index < -0.39 is 0 Å². The molecule has 0 bridgehead atoms. The summed E-state index contributed by atoms with van der Waals surface area (Å²) < 4.78 is 0.846. The zero-order valence-corrected chi connectivity index (χ0v) is 8.92. The molecule has 1 aromatic rings. The van der Waals surface area contributed by atoms with Gasteiger partial charge in [0, 0.05) is 0 Å². The number of aryl methyl sites for hydroxylation is 1. The van der Waals surface area contributed by atoms with Gasteiger partial charge in [-0.2, -0.15) is 0 Å². The molecule has 0 saturated heterocycles. The fraction of sp³-hybridized carbons (Fsp3) is 0.300. The molecule has 0 fully saturated rings. The fourth-order valence-electron chi connectivity index (χ4n) is 0.967. The monoisotopic (exact) mass is 227 g/mol. The van der Waals surface area contributed by atoms with Crippen LogP contribution in [-0.4, -0.2) is 19.6 Å². The van der Waals surface area contributed by atoms with Crippen molar-refractivity contribution < 1.29 is 0 Å². The Kier molecular flexibility index (Phi) is 4.06. The molecule has 1 nitrogen and oxygen atoms in total. The molecule has 0 aliphatic carbocycles. The average molecular weight is 226 g/mol. The normalized spacial score (nSPS) is 9.75. The predicted octanol–water partition coefficient (Wildman–Crippen LogP) is 2.35. The second-order valence-electron chi connectivity index (χ2n) is 2.64. The molecular weight excluding hydrogens is 213 g/mol. The molecule has 0 radical (unpaired) electrons. The zero-order chi connectivity index (χ0) is 8.81. The van der Waals surface area contributed by atoms with Gasteiger partial charge >= 0.3 is 79.5 Å². The number of nitrogens with one attached hydrogen (secondary N) is 1. The standard InChI is InChI=1S/C10H13NSe/c1-9(11)12-8-7-10-5-3-2-4-6-10/h2-6,11H,7-8H2,1H3. The first-order chi connectivity index (χ1) is 5.79. The van der Waals surface area contributed by atoms with Crippen LogP contribution in [0.1, 0.15) is 12.5 Å². The van der Waals surface area contributed by atoms with Gasteiger partial charge in [-0.05, 0) is 0 Å². The van der Waals surface area contributed by atoms with Gasteiger partial charge in [0.05, 0.1) is 0 Å². The van der Waals surface area contributed by atoms with E-state index in [9.17, 15) is 0 Å². The van der Waals surface area contributed by atoms with E-state index >= 15 is 0 Å². The summed E-state index contributed by atoms with van der Waals surface area (Å²) in [6.45, 7) is 1.89. The van der Waals surface area contributed by atoms with Crippen molar-refractivity contribution in [3.63, 3.8) is 0 Å². The first-order valence-electron chi connectivity index (χ1n) is 4.01. The van der Waals surface area contributed by atoms with Gasteiger partial charge in [-0.25, -0.2) is 0 Å². The second-order valence-corrected chi connectivity index (χ2v) is 5.39. The van der Waals surface area contributed by atoms with Gasteiger partial charge < -0.3 is 0 Å². The summed E-state index contributed by atoms with van der Waals surface area (Å²) in [6, 6.07) is 10.5. The van der Waals surface area contributed by atoms with Crippen molar-refractivity contribution in [3.05, 3.63) is 35.9 Å². The van der Waals surface area contributed by atoms with Crippen LogP contribution in [0.15, 0.2) is 30.3 Å². The van der Waals surface area contributed by atoms with Crippen LogP contribution in [-0.2, 0) is 6.42 Å². The Morgan fingerprint density at radius 1 is 1.33 bits per heavy atom. The molecule has 0 atom stereocenters. The van der Waals surface area contributed by atoms with Crippen LogP contribution < -0.4 is 0 Å². The predicted molar refractivity (Wildman–Crippen MR) is 54.1 cm³/mol. The van der Waals surface area contributed by atoms with Crippen LogP contribution in [0.5, 0.6) is 0 Å². The van der Waals surface area contributed by atoms with Gasteiger partial charge in [0.25, 0.3) is 0 Å². The SMILES string of the molecule is CC(=N)[Se]CCc1ccccc1. The van der Waals surface area contributed by atoms with E-state index in [-0.39, 0.29) is 0 Å². The van der Waals surface area contributed by atoms with Gasteiger partial charge in [-0.15, -0.1) is 0 Å². The number of hydrogen-bond donors (Lipinski definition) is 1. The topological polar surface area (TPSA) is 23.9 Å². The summed E-state index contributed by atoms with van der Waals surface area (Å²) in [5.74, 6) is 0. The summed E-state index contributed by atoms with van der Waals surface area (Å²) in [6.07, 6.45) is 1.12. The molecule has 1 aromatic carbocycles. The Hall–Kier alpha value is -0.591. The van der Waals surface area contributed by atoms with Crippen molar-refractivity contribution in [1.29, 1.82) is 5.41 Å². The van der Waals surface area contributed by atoms with Gasteiger partial charge in [0.1, 0.15) is 0 Å². The molecule has 0 unspecified atom stereocenters. The van der Waals surface area contributed by atoms with Crippen LogP contribution in [0.4, 0.5) is 0 Å². The van der Waals surface area contributed by atoms with Crippen molar-refractivity contribution in [3.8, 4) is 0 Å². The maximum atomic E-state index is 7.29. The van der Waals surface area contributed by atoms with Crippen LogP contribution in [0.2, 0.25) is 5.32 Å². The Morgan fingerprint density at radius 2 is 2.00 bits per heavy atom. The molecule has 12 heavy (non-hydrogen) atoms. The molecule has 0 heterocycles. The van der Waals surface area contributed by atoms with E-state index in [1.54, 1.807) is 0 Å². The molecule has 0 spiro atoms. The molecule has 1 N–H and O–H groups in total. The zero-order valence-electron chi connectivity index (χ0n) is 7.21. The average Bonchev–Trinajstić information content (AvgIpc) is 2.05. The third-order valence-corrected chi connectivity index (χ3v) is 3.32. The number of rotatable bonds is 4. The Balaban J connectivity index is 2.29. The molecule has 0 aliphatic rings. The Morgan fingerprint density at radius 3 is 2.58 bits per heavy atom. The van der Waals surface area contributed by atoms with E-state index in [1.165, 1.54) is 5.56 Å².